The highest BCUT2D eigenvalue weighted by molar-refractivity contribution is 6.24. The SMILES string of the molecule is c1ccc(C2=NC(c3ccc4ccccc4c3)NC(c3cc(-c4cc5c6ccccc6oc5c5ccccc45)cc4oc5ccccc5c34)=N2)cc1. The molecule has 0 saturated heterocycles. The molecule has 11 rings (SSSR count). The predicted octanol–water partition coefficient (Wildman–Crippen LogP) is 12.0. The number of para-hydroxylation sites is 2. The first kappa shape index (κ1) is 28.8. The average molecular weight is 668 g/mol. The lowest BCUT2D eigenvalue weighted by Crippen LogP contribution is -2.33. The molecule has 1 atom stereocenters. The van der Waals surface area contributed by atoms with Gasteiger partial charge in [0.25, 0.3) is 0 Å². The topological polar surface area (TPSA) is 63.0 Å². The molecule has 0 aliphatic carbocycles. The summed E-state index contributed by atoms with van der Waals surface area (Å²) >= 11 is 0. The van der Waals surface area contributed by atoms with Crippen LogP contribution in [0.15, 0.2) is 183 Å². The molecule has 1 aliphatic heterocycles. The number of aliphatic imine (C=N–C) groups is 2. The van der Waals surface area contributed by atoms with Crippen molar-refractivity contribution in [2.24, 2.45) is 9.98 Å². The van der Waals surface area contributed by atoms with Crippen molar-refractivity contribution in [3.05, 3.63) is 180 Å². The van der Waals surface area contributed by atoms with Crippen molar-refractivity contribution in [3.8, 4) is 11.1 Å². The maximum absolute atomic E-state index is 6.64. The van der Waals surface area contributed by atoms with Crippen LogP contribution in [-0.4, -0.2) is 11.7 Å². The second kappa shape index (κ2) is 11.3. The highest BCUT2D eigenvalue weighted by Gasteiger charge is 2.26. The van der Waals surface area contributed by atoms with E-state index in [9.17, 15) is 0 Å². The minimum atomic E-state index is -0.362. The van der Waals surface area contributed by atoms with Crippen LogP contribution in [0, 0.1) is 0 Å². The molecule has 244 valence electrons. The van der Waals surface area contributed by atoms with Crippen molar-refractivity contribution in [1.82, 2.24) is 5.32 Å². The number of benzene rings is 8. The molecule has 5 heteroatoms. The highest BCUT2D eigenvalue weighted by atomic mass is 16.3. The lowest BCUT2D eigenvalue weighted by atomic mass is 9.92. The molecule has 1 unspecified atom stereocenters. The average Bonchev–Trinajstić information content (AvgIpc) is 3.79. The van der Waals surface area contributed by atoms with E-state index in [1.807, 2.05) is 42.5 Å². The van der Waals surface area contributed by atoms with E-state index < -0.39 is 0 Å². The molecule has 0 bridgehead atoms. The van der Waals surface area contributed by atoms with Crippen LogP contribution in [0.2, 0.25) is 0 Å². The van der Waals surface area contributed by atoms with Crippen LogP contribution < -0.4 is 5.32 Å². The van der Waals surface area contributed by atoms with E-state index in [1.54, 1.807) is 0 Å². The van der Waals surface area contributed by atoms with E-state index in [-0.39, 0.29) is 6.17 Å². The number of fused-ring (bicyclic) bond motifs is 9. The fraction of sp³-hybridized carbons (Fsp3) is 0.0213. The van der Waals surface area contributed by atoms with Crippen molar-refractivity contribution in [3.63, 3.8) is 0 Å². The van der Waals surface area contributed by atoms with Gasteiger partial charge in [-0.1, -0.05) is 127 Å². The van der Waals surface area contributed by atoms with E-state index >= 15 is 0 Å². The Kier molecular flexibility index (Phi) is 6.25. The van der Waals surface area contributed by atoms with Gasteiger partial charge in [0, 0.05) is 38.1 Å². The summed E-state index contributed by atoms with van der Waals surface area (Å²) in [6.07, 6.45) is -0.362. The van der Waals surface area contributed by atoms with E-state index in [0.717, 1.165) is 88.3 Å². The lowest BCUT2D eigenvalue weighted by Gasteiger charge is -2.24. The molecule has 0 radical (unpaired) electrons. The second-order valence-corrected chi connectivity index (χ2v) is 13.4. The maximum atomic E-state index is 6.64. The van der Waals surface area contributed by atoms with Gasteiger partial charge in [0.05, 0.1) is 0 Å². The van der Waals surface area contributed by atoms with Gasteiger partial charge in [-0.05, 0) is 69.2 Å². The van der Waals surface area contributed by atoms with Gasteiger partial charge in [0.1, 0.15) is 34.3 Å². The number of hydrogen-bond acceptors (Lipinski definition) is 5. The fourth-order valence-electron chi connectivity index (χ4n) is 7.83. The quantitative estimate of drug-likeness (QED) is 0.203. The Morgan fingerprint density at radius 2 is 1.15 bits per heavy atom. The Hall–Kier alpha value is -6.98. The molecule has 0 spiro atoms. The van der Waals surface area contributed by atoms with Crippen molar-refractivity contribution in [2.75, 3.05) is 0 Å². The Morgan fingerprint density at radius 1 is 0.462 bits per heavy atom. The van der Waals surface area contributed by atoms with Crippen LogP contribution in [-0.2, 0) is 0 Å². The number of rotatable bonds is 4. The van der Waals surface area contributed by atoms with Gasteiger partial charge in [0.15, 0.2) is 5.84 Å². The van der Waals surface area contributed by atoms with Crippen LogP contribution in [0.5, 0.6) is 0 Å². The summed E-state index contributed by atoms with van der Waals surface area (Å²) in [5.41, 5.74) is 8.49. The summed E-state index contributed by atoms with van der Waals surface area (Å²) in [6, 6.07) is 56.9. The summed E-state index contributed by atoms with van der Waals surface area (Å²) in [5, 5.41) is 12.5. The smallest absolute Gasteiger partial charge is 0.159 e. The molecule has 52 heavy (non-hydrogen) atoms. The maximum Gasteiger partial charge on any atom is 0.159 e. The second-order valence-electron chi connectivity index (χ2n) is 13.4. The number of furan rings is 2. The highest BCUT2D eigenvalue weighted by Crippen LogP contribution is 2.42. The molecule has 8 aromatic carbocycles. The minimum Gasteiger partial charge on any atom is -0.456 e. The molecule has 0 fully saturated rings. The first-order valence-electron chi connectivity index (χ1n) is 17.5. The molecule has 0 saturated carbocycles. The van der Waals surface area contributed by atoms with Crippen LogP contribution in [0.1, 0.15) is 22.9 Å². The molecule has 10 aromatic rings. The molecule has 1 aliphatic rings. The third-order valence-corrected chi connectivity index (χ3v) is 10.3. The summed E-state index contributed by atoms with van der Waals surface area (Å²) in [7, 11) is 0. The van der Waals surface area contributed by atoms with Gasteiger partial charge in [-0.3, -0.25) is 0 Å². The van der Waals surface area contributed by atoms with Gasteiger partial charge < -0.3 is 14.2 Å². The van der Waals surface area contributed by atoms with Crippen molar-refractivity contribution in [1.29, 1.82) is 0 Å². The summed E-state index contributed by atoms with van der Waals surface area (Å²) in [4.78, 5) is 10.5. The van der Waals surface area contributed by atoms with Gasteiger partial charge >= 0.3 is 0 Å². The predicted molar refractivity (Wildman–Crippen MR) is 213 cm³/mol. The van der Waals surface area contributed by atoms with Crippen LogP contribution in [0.3, 0.4) is 0 Å². The number of amidine groups is 2. The number of nitrogens with zero attached hydrogens (tertiary/aromatic N) is 2. The molecule has 3 heterocycles. The van der Waals surface area contributed by atoms with Crippen molar-refractivity contribution in [2.45, 2.75) is 6.17 Å². The Balaban J connectivity index is 1.18. The van der Waals surface area contributed by atoms with E-state index in [4.69, 9.17) is 18.8 Å². The Morgan fingerprint density at radius 3 is 2.00 bits per heavy atom. The number of nitrogens with one attached hydrogen (secondary N) is 1. The monoisotopic (exact) mass is 667 g/mol. The third-order valence-electron chi connectivity index (χ3n) is 10.3. The zero-order valence-corrected chi connectivity index (χ0v) is 27.9. The normalized spacial score (nSPS) is 14.7. The number of hydrogen-bond donors (Lipinski definition) is 1. The zero-order valence-electron chi connectivity index (χ0n) is 27.9. The molecule has 1 N–H and O–H groups in total. The molecule has 5 nitrogen and oxygen atoms in total. The van der Waals surface area contributed by atoms with Crippen LogP contribution >= 0.6 is 0 Å². The first-order chi connectivity index (χ1) is 25.7. The Labute approximate surface area is 298 Å². The van der Waals surface area contributed by atoms with Gasteiger partial charge in [0.2, 0.25) is 0 Å². The third kappa shape index (κ3) is 4.49. The fourth-order valence-corrected chi connectivity index (χ4v) is 7.83. The molecular formula is C47H29N3O2. The van der Waals surface area contributed by atoms with Crippen LogP contribution in [0.25, 0.3) is 76.5 Å². The van der Waals surface area contributed by atoms with E-state index in [2.05, 4.69) is 127 Å². The summed E-state index contributed by atoms with van der Waals surface area (Å²) in [5.74, 6) is 1.42. The Bertz CT molecular complexity index is 3110. The molecular weight excluding hydrogens is 639 g/mol. The van der Waals surface area contributed by atoms with Gasteiger partial charge in [-0.15, -0.1) is 0 Å². The summed E-state index contributed by atoms with van der Waals surface area (Å²) in [6.45, 7) is 0. The van der Waals surface area contributed by atoms with E-state index in [0.29, 0.717) is 5.84 Å². The zero-order chi connectivity index (χ0) is 34.2. The van der Waals surface area contributed by atoms with Gasteiger partial charge in [-0.2, -0.15) is 0 Å². The van der Waals surface area contributed by atoms with E-state index in [1.165, 1.54) is 10.8 Å². The van der Waals surface area contributed by atoms with Crippen molar-refractivity contribution < 1.29 is 8.83 Å². The molecule has 2 aromatic heterocycles. The lowest BCUT2D eigenvalue weighted by molar-refractivity contribution is 0.668. The van der Waals surface area contributed by atoms with Crippen LogP contribution in [0.4, 0.5) is 0 Å². The largest absolute Gasteiger partial charge is 0.456 e. The standard InChI is InChI=1S/C47H29N3O2/c1-2-13-29(14-3-1)45-48-46(31-23-22-28-12-4-5-15-30(28)24-31)50-47(49-45)39-25-32(26-42-43(39)36-19-9-11-21-41(36)51-42)37-27-38-34-17-8-10-20-40(34)52-44(38)35-18-7-6-16-33(35)37/h1-27,46H,(H,48,49,50). The van der Waals surface area contributed by atoms with Gasteiger partial charge in [-0.25, -0.2) is 9.98 Å². The minimum absolute atomic E-state index is 0.362. The first-order valence-corrected chi connectivity index (χ1v) is 17.5. The summed E-state index contributed by atoms with van der Waals surface area (Å²) < 4.78 is 13.1. The molecule has 0 amide bonds. The van der Waals surface area contributed by atoms with Crippen molar-refractivity contribution >= 4 is 77.1 Å².